The van der Waals surface area contributed by atoms with Crippen molar-refractivity contribution in [3.05, 3.63) is 56.6 Å². The predicted octanol–water partition coefficient (Wildman–Crippen LogP) is 4.82. The van der Waals surface area contributed by atoms with Gasteiger partial charge in [0.05, 0.1) is 0 Å². The van der Waals surface area contributed by atoms with Crippen molar-refractivity contribution in [3.63, 3.8) is 0 Å². The Balaban J connectivity index is 1.66. The van der Waals surface area contributed by atoms with E-state index in [0.717, 1.165) is 45.2 Å². The lowest BCUT2D eigenvalue weighted by Crippen LogP contribution is -2.41. The zero-order valence-corrected chi connectivity index (χ0v) is 17.4. The Morgan fingerprint density at radius 2 is 2.21 bits per heavy atom. The molecule has 1 heterocycles. The van der Waals surface area contributed by atoms with E-state index < -0.39 is 0 Å². The average molecular weight is 398 g/mol. The van der Waals surface area contributed by atoms with Crippen molar-refractivity contribution in [1.82, 2.24) is 4.90 Å². The highest BCUT2D eigenvalue weighted by molar-refractivity contribution is 7.09. The summed E-state index contributed by atoms with van der Waals surface area (Å²) in [5, 5.41) is 2.15. The largest absolute Gasteiger partial charge is 0.426 e. The van der Waals surface area contributed by atoms with Crippen LogP contribution >= 0.6 is 11.3 Å². The van der Waals surface area contributed by atoms with Gasteiger partial charge in [-0.05, 0) is 67.3 Å². The van der Waals surface area contributed by atoms with E-state index in [-0.39, 0.29) is 12.4 Å². The van der Waals surface area contributed by atoms with Crippen LogP contribution in [0.5, 0.6) is 5.75 Å². The summed E-state index contributed by atoms with van der Waals surface area (Å²) in [6.07, 6.45) is 5.57. The van der Waals surface area contributed by atoms with Gasteiger partial charge in [-0.15, -0.1) is 11.3 Å². The lowest BCUT2D eigenvalue weighted by molar-refractivity contribution is -0.134. The summed E-state index contributed by atoms with van der Waals surface area (Å²) in [7, 11) is 0. The van der Waals surface area contributed by atoms with Crippen molar-refractivity contribution in [3.8, 4) is 12.3 Å². The third-order valence-electron chi connectivity index (χ3n) is 5.33. The molecule has 1 atom stereocenters. The fraction of sp³-hybridized carbons (Fsp3) is 0.478. The quantitative estimate of drug-likeness (QED) is 0.449. The van der Waals surface area contributed by atoms with E-state index in [0.29, 0.717) is 18.3 Å². The van der Waals surface area contributed by atoms with E-state index in [9.17, 15) is 4.79 Å². The van der Waals surface area contributed by atoms with Gasteiger partial charge >= 0.3 is 5.97 Å². The highest BCUT2D eigenvalue weighted by Gasteiger charge is 2.26. The molecule has 0 N–H and O–H groups in total. The van der Waals surface area contributed by atoms with Gasteiger partial charge in [-0.1, -0.05) is 30.0 Å². The van der Waals surface area contributed by atoms with Crippen molar-refractivity contribution < 1.29 is 9.53 Å². The predicted molar refractivity (Wildman–Crippen MR) is 116 cm³/mol. The number of nitrogens with zero attached hydrogens (tertiary/aromatic N) is 2. The number of hydrogen-bond donors (Lipinski definition) is 0. The number of esters is 1. The molecule has 2 aromatic rings. The van der Waals surface area contributed by atoms with E-state index in [1.54, 1.807) is 0 Å². The summed E-state index contributed by atoms with van der Waals surface area (Å²) in [4.78, 5) is 19.5. The van der Waals surface area contributed by atoms with Crippen LogP contribution in [0.2, 0.25) is 0 Å². The van der Waals surface area contributed by atoms with Crippen molar-refractivity contribution in [2.24, 2.45) is 0 Å². The van der Waals surface area contributed by atoms with Gasteiger partial charge in [0.15, 0.2) is 0 Å². The monoisotopic (exact) mass is 397 g/mol. The zero-order valence-electron chi connectivity index (χ0n) is 16.6. The van der Waals surface area contributed by atoms with E-state index in [2.05, 4.69) is 40.2 Å². The molecule has 0 saturated heterocycles. The van der Waals surface area contributed by atoms with Crippen LogP contribution in [0.15, 0.2) is 35.7 Å². The minimum absolute atomic E-state index is 0.218. The number of thiophene rings is 1. The van der Waals surface area contributed by atoms with Crippen molar-refractivity contribution in [2.45, 2.75) is 51.5 Å². The molecule has 0 spiro atoms. The Labute approximate surface area is 172 Å². The van der Waals surface area contributed by atoms with Crippen molar-refractivity contribution in [1.29, 1.82) is 0 Å². The highest BCUT2D eigenvalue weighted by Crippen LogP contribution is 2.32. The SMILES string of the molecule is C#[N+]CCC(=O)Oc1cccc2c1CC[C@H](N(CCC)CCc1cccs1)C2. The molecule has 3 rings (SSSR count). The lowest BCUT2D eigenvalue weighted by atomic mass is 9.86. The van der Waals surface area contributed by atoms with Gasteiger partial charge in [0, 0.05) is 17.5 Å². The van der Waals surface area contributed by atoms with Gasteiger partial charge in [-0.25, -0.2) is 0 Å². The van der Waals surface area contributed by atoms with Crippen LogP contribution in [0.4, 0.5) is 0 Å². The smallest absolute Gasteiger partial charge is 0.318 e. The number of fused-ring (bicyclic) bond motifs is 1. The summed E-state index contributed by atoms with van der Waals surface area (Å²) >= 11 is 1.84. The second kappa shape index (κ2) is 10.4. The number of carbonyl (C=O) groups is 1. The molecule has 4 nitrogen and oxygen atoms in total. The van der Waals surface area contributed by atoms with Crippen LogP contribution in [0.1, 0.15) is 42.2 Å². The van der Waals surface area contributed by atoms with Gasteiger partial charge in [0.1, 0.15) is 12.2 Å². The van der Waals surface area contributed by atoms with Gasteiger partial charge in [0.2, 0.25) is 0 Å². The lowest BCUT2D eigenvalue weighted by Gasteiger charge is -2.35. The van der Waals surface area contributed by atoms with Crippen LogP contribution in [-0.2, 0) is 24.1 Å². The Morgan fingerprint density at radius 1 is 1.32 bits per heavy atom. The molecule has 0 amide bonds. The first-order valence-electron chi connectivity index (χ1n) is 10.2. The van der Waals surface area contributed by atoms with Crippen molar-refractivity contribution >= 4 is 17.3 Å². The number of rotatable bonds is 9. The number of carbonyl (C=O) groups excluding carboxylic acids is 1. The minimum Gasteiger partial charge on any atom is -0.426 e. The molecule has 28 heavy (non-hydrogen) atoms. The van der Waals surface area contributed by atoms with Crippen LogP contribution in [0, 0.1) is 6.57 Å². The number of hydrogen-bond acceptors (Lipinski definition) is 4. The summed E-state index contributed by atoms with van der Waals surface area (Å²) in [6.45, 7) is 9.90. The molecule has 0 bridgehead atoms. The molecule has 5 heteroatoms. The molecule has 1 aromatic heterocycles. The van der Waals surface area contributed by atoms with Gasteiger partial charge in [0.25, 0.3) is 13.1 Å². The maximum Gasteiger partial charge on any atom is 0.318 e. The first kappa shape index (κ1) is 20.6. The molecule has 1 aliphatic rings. The average Bonchev–Trinajstić information content (AvgIpc) is 3.23. The Morgan fingerprint density at radius 3 is 2.96 bits per heavy atom. The summed E-state index contributed by atoms with van der Waals surface area (Å²) in [6, 6.07) is 11.0. The molecular weight excluding hydrogens is 368 g/mol. The first-order chi connectivity index (χ1) is 13.7. The minimum atomic E-state index is -0.270. The Hall–Kier alpha value is -2.16. The second-order valence-corrected chi connectivity index (χ2v) is 8.32. The Kier molecular flexibility index (Phi) is 7.64. The summed E-state index contributed by atoms with van der Waals surface area (Å²) in [5.41, 5.74) is 2.49. The zero-order chi connectivity index (χ0) is 19.8. The molecule has 0 fully saturated rings. The first-order valence-corrected chi connectivity index (χ1v) is 11.0. The fourth-order valence-corrected chi connectivity index (χ4v) is 4.66. The van der Waals surface area contributed by atoms with Gasteiger partial charge in [-0.3, -0.25) is 9.69 Å². The van der Waals surface area contributed by atoms with Crippen LogP contribution in [0.25, 0.3) is 4.85 Å². The topological polar surface area (TPSA) is 33.9 Å². The number of ether oxygens (including phenoxy) is 1. The van der Waals surface area contributed by atoms with Crippen LogP contribution in [-0.4, -0.2) is 36.5 Å². The normalized spacial score (nSPS) is 15.8. The molecule has 0 unspecified atom stereocenters. The summed E-state index contributed by atoms with van der Waals surface area (Å²) in [5.74, 6) is 0.437. The molecule has 0 aliphatic heterocycles. The molecule has 0 saturated carbocycles. The third kappa shape index (κ3) is 5.43. The van der Waals surface area contributed by atoms with E-state index in [1.807, 2.05) is 23.5 Å². The van der Waals surface area contributed by atoms with E-state index >= 15 is 0 Å². The molecule has 148 valence electrons. The molecule has 1 aromatic carbocycles. The van der Waals surface area contributed by atoms with Crippen LogP contribution in [0.3, 0.4) is 0 Å². The fourth-order valence-electron chi connectivity index (χ4n) is 3.96. The van der Waals surface area contributed by atoms with Gasteiger partial charge < -0.3 is 4.74 Å². The Bertz CT molecular complexity index is 811. The second-order valence-electron chi connectivity index (χ2n) is 7.29. The molecular formula is C23H29N2O2S+. The van der Waals surface area contributed by atoms with Crippen molar-refractivity contribution in [2.75, 3.05) is 19.6 Å². The maximum absolute atomic E-state index is 12.0. The molecule has 1 aliphatic carbocycles. The third-order valence-corrected chi connectivity index (χ3v) is 6.27. The van der Waals surface area contributed by atoms with Gasteiger partial charge in [-0.2, -0.15) is 0 Å². The molecule has 0 radical (unpaired) electrons. The van der Waals surface area contributed by atoms with E-state index in [1.165, 1.54) is 16.0 Å². The standard InChI is InChI=1S/C23H29N2O2S/c1-3-14-25(15-12-20-7-5-16-28-20)19-9-10-21-18(17-19)6-4-8-22(21)27-23(26)11-13-24-2/h2,4-8,16,19H,3,9-15,17H2,1H3/q+1/t19-/m0/s1. The summed E-state index contributed by atoms with van der Waals surface area (Å²) < 4.78 is 5.59. The highest BCUT2D eigenvalue weighted by atomic mass is 32.1. The van der Waals surface area contributed by atoms with Crippen LogP contribution < -0.4 is 4.74 Å². The number of benzene rings is 1. The maximum atomic E-state index is 12.0. The van der Waals surface area contributed by atoms with E-state index in [4.69, 9.17) is 11.3 Å².